The number of anilines is 3. The molecular weight excluding hydrogens is 847 g/mol. The lowest BCUT2D eigenvalue weighted by Crippen LogP contribution is -2.42. The summed E-state index contributed by atoms with van der Waals surface area (Å²) in [5.74, 6) is -1.07. The molecule has 18 heteroatoms. The second-order valence-corrected chi connectivity index (χ2v) is 15.3. The SMILES string of the molecule is CCOC(=O)Cc1ccc(NC(=O)NCc2c(CC)c(CNC(=O)Nc3ccc(CC(=O)OCC)cc3[NH3+])c(CC)c(CNC(=O)Nc3ccc(CC(=O)OCC)cc3[NH3+])c2CC)c([NH3+])c1. The van der Waals surface area contributed by atoms with E-state index in [9.17, 15) is 28.8 Å². The average molecular weight is 913 g/mol. The van der Waals surface area contributed by atoms with Gasteiger partial charge in [0, 0.05) is 37.8 Å². The van der Waals surface area contributed by atoms with Crippen LogP contribution >= 0.6 is 0 Å². The lowest BCUT2D eigenvalue weighted by atomic mass is 9.83. The smallest absolute Gasteiger partial charge is 0.319 e. The molecule has 0 atom stereocenters. The Hall–Kier alpha value is -7.02. The van der Waals surface area contributed by atoms with Gasteiger partial charge in [0.25, 0.3) is 0 Å². The van der Waals surface area contributed by atoms with Crippen LogP contribution in [0.5, 0.6) is 0 Å². The first-order valence-corrected chi connectivity index (χ1v) is 22.3. The number of carbonyl (C=O) groups is 6. The second-order valence-electron chi connectivity index (χ2n) is 15.3. The fourth-order valence-electron chi connectivity index (χ4n) is 7.79. The number of urea groups is 3. The normalized spacial score (nSPS) is 10.7. The molecule has 0 saturated heterocycles. The van der Waals surface area contributed by atoms with Crippen molar-refractivity contribution in [2.75, 3.05) is 35.8 Å². The maximum Gasteiger partial charge on any atom is 0.319 e. The highest BCUT2D eigenvalue weighted by molar-refractivity contribution is 5.93. The van der Waals surface area contributed by atoms with Crippen molar-refractivity contribution in [3.63, 3.8) is 0 Å². The average Bonchev–Trinajstić information content (AvgIpc) is 3.26. The number of ether oxygens (including phenoxy) is 3. The molecule has 18 nitrogen and oxygen atoms in total. The lowest BCUT2D eigenvalue weighted by Gasteiger charge is -2.27. The van der Waals surface area contributed by atoms with Crippen LogP contribution in [0.3, 0.4) is 0 Å². The zero-order valence-corrected chi connectivity index (χ0v) is 39.0. The maximum absolute atomic E-state index is 13.5. The highest BCUT2D eigenvalue weighted by Crippen LogP contribution is 2.32. The van der Waals surface area contributed by atoms with Gasteiger partial charge in [0.2, 0.25) is 0 Å². The van der Waals surface area contributed by atoms with Gasteiger partial charge in [0.15, 0.2) is 17.1 Å². The van der Waals surface area contributed by atoms with Crippen molar-refractivity contribution < 1.29 is 60.2 Å². The first kappa shape index (κ1) is 51.6. The molecular formula is C48H66N9O9+3. The third-order valence-electron chi connectivity index (χ3n) is 10.7. The third kappa shape index (κ3) is 14.8. The minimum atomic E-state index is -0.477. The van der Waals surface area contributed by atoms with E-state index in [1.807, 2.05) is 20.8 Å². The summed E-state index contributed by atoms with van der Waals surface area (Å²) in [7, 11) is 0. The van der Waals surface area contributed by atoms with Gasteiger partial charge in [-0.2, -0.15) is 0 Å². The Morgan fingerprint density at radius 3 is 0.879 bits per heavy atom. The minimum absolute atomic E-state index is 0.0822. The van der Waals surface area contributed by atoms with E-state index in [-0.39, 0.29) is 76.6 Å². The maximum atomic E-state index is 13.5. The van der Waals surface area contributed by atoms with Crippen LogP contribution in [-0.4, -0.2) is 55.8 Å². The van der Waals surface area contributed by atoms with Crippen LogP contribution in [0.15, 0.2) is 54.6 Å². The van der Waals surface area contributed by atoms with Gasteiger partial charge in [0.1, 0.15) is 17.1 Å². The quantitative estimate of drug-likeness (QED) is 0.0426. The van der Waals surface area contributed by atoms with E-state index in [0.29, 0.717) is 70.1 Å². The molecule has 0 saturated carbocycles. The Balaban J connectivity index is 1.62. The minimum Gasteiger partial charge on any atom is -0.466 e. The number of rotatable bonds is 21. The highest BCUT2D eigenvalue weighted by atomic mass is 16.5. The molecule has 0 heterocycles. The summed E-state index contributed by atoms with van der Waals surface area (Å²) >= 11 is 0. The van der Waals surface area contributed by atoms with Crippen LogP contribution in [0, 0.1) is 0 Å². The van der Waals surface area contributed by atoms with E-state index in [1.54, 1.807) is 75.4 Å². The molecule has 0 aliphatic carbocycles. The molecule has 15 N–H and O–H groups in total. The first-order chi connectivity index (χ1) is 31.6. The number of carbonyl (C=O) groups excluding carboxylic acids is 6. The third-order valence-corrected chi connectivity index (χ3v) is 10.7. The number of nitrogens with one attached hydrogen (secondary N) is 6. The molecule has 354 valence electrons. The summed E-state index contributed by atoms with van der Waals surface area (Å²) in [6.07, 6.45) is 1.95. The lowest BCUT2D eigenvalue weighted by molar-refractivity contribution is -0.254. The number of amides is 6. The number of esters is 3. The molecule has 0 fully saturated rings. The van der Waals surface area contributed by atoms with Gasteiger partial charge in [-0.05, 0) is 108 Å². The molecule has 0 aromatic heterocycles. The first-order valence-electron chi connectivity index (χ1n) is 22.3. The van der Waals surface area contributed by atoms with Crippen LogP contribution < -0.4 is 49.1 Å². The fourth-order valence-corrected chi connectivity index (χ4v) is 7.79. The van der Waals surface area contributed by atoms with Crippen molar-refractivity contribution in [1.82, 2.24) is 16.0 Å². The molecule has 4 aromatic carbocycles. The van der Waals surface area contributed by atoms with Crippen LogP contribution in [0.25, 0.3) is 0 Å². The van der Waals surface area contributed by atoms with Crippen molar-refractivity contribution >= 4 is 70.1 Å². The number of hydrogen-bond donors (Lipinski definition) is 9. The number of hydrogen-bond acceptors (Lipinski definition) is 9. The molecule has 0 spiro atoms. The fraction of sp³-hybridized carbons (Fsp3) is 0.375. The number of quaternary nitrogens is 3. The van der Waals surface area contributed by atoms with Crippen molar-refractivity contribution in [3.05, 3.63) is 105 Å². The van der Waals surface area contributed by atoms with Gasteiger partial charge in [-0.3, -0.25) is 14.4 Å². The van der Waals surface area contributed by atoms with E-state index in [0.717, 1.165) is 33.4 Å². The summed E-state index contributed by atoms with van der Waals surface area (Å²) in [5, 5.41) is 17.6. The van der Waals surface area contributed by atoms with Gasteiger partial charge < -0.3 is 63.3 Å². The van der Waals surface area contributed by atoms with Gasteiger partial charge in [0.05, 0.1) is 39.1 Å². The van der Waals surface area contributed by atoms with E-state index >= 15 is 0 Å². The molecule has 0 aliphatic rings. The standard InChI is InChI=1S/C48H63N9O9/c1-7-31-34(25-52-46(61)55-40-16-13-28(19-37(40)49)22-43(58)64-10-4)32(8-2)36(27-54-48(63)57-42-18-15-30(21-39(42)51)24-45(60)66-12-6)33(9-3)35(31)26-53-47(62)56-41-17-14-29(20-38(41)50)23-44(59)65-11-5/h13-21H,7-12,22-27,49-51H2,1-6H3,(H2,52,55,61)(H2,53,56,62)(H2,54,57,63)/p+3. The topological polar surface area (TPSA) is 285 Å². The van der Waals surface area contributed by atoms with E-state index in [4.69, 9.17) is 14.2 Å². The molecule has 4 aromatic rings. The van der Waals surface area contributed by atoms with Crippen LogP contribution in [-0.2, 0) is 86.8 Å². The predicted molar refractivity (Wildman–Crippen MR) is 250 cm³/mol. The van der Waals surface area contributed by atoms with Crippen molar-refractivity contribution in [1.29, 1.82) is 0 Å². The molecule has 6 amide bonds. The van der Waals surface area contributed by atoms with Gasteiger partial charge in [-0.1, -0.05) is 39.0 Å². The molecule has 0 unspecified atom stereocenters. The summed E-state index contributed by atoms with van der Waals surface area (Å²) < 4.78 is 15.2. The molecule has 0 bridgehead atoms. The van der Waals surface area contributed by atoms with Crippen molar-refractivity contribution in [2.24, 2.45) is 0 Å². The van der Waals surface area contributed by atoms with Crippen LogP contribution in [0.2, 0.25) is 0 Å². The van der Waals surface area contributed by atoms with Crippen LogP contribution in [0.4, 0.5) is 48.5 Å². The Labute approximate surface area is 385 Å². The van der Waals surface area contributed by atoms with Crippen LogP contribution in [0.1, 0.15) is 91.6 Å². The van der Waals surface area contributed by atoms with Gasteiger partial charge >= 0.3 is 36.0 Å². The summed E-state index contributed by atoms with van der Waals surface area (Å²) in [4.78, 5) is 76.6. The largest absolute Gasteiger partial charge is 0.466 e. The Kier molecular flexibility index (Phi) is 19.9. The van der Waals surface area contributed by atoms with Gasteiger partial charge in [-0.25, -0.2) is 14.4 Å². The molecule has 0 aliphatic heterocycles. The Morgan fingerprint density at radius 1 is 0.409 bits per heavy atom. The zero-order valence-electron chi connectivity index (χ0n) is 39.0. The molecule has 4 rings (SSSR count). The molecule has 66 heavy (non-hydrogen) atoms. The zero-order chi connectivity index (χ0) is 48.3. The summed E-state index contributed by atoms with van der Waals surface area (Å²) in [5.41, 5.74) is 22.7. The highest BCUT2D eigenvalue weighted by Gasteiger charge is 2.24. The second kappa shape index (κ2) is 25.5. The van der Waals surface area contributed by atoms with Gasteiger partial charge in [-0.15, -0.1) is 0 Å². The predicted octanol–water partition coefficient (Wildman–Crippen LogP) is 4.28. The molecule has 0 radical (unpaired) electrons. The van der Waals surface area contributed by atoms with Crippen molar-refractivity contribution in [3.8, 4) is 0 Å². The van der Waals surface area contributed by atoms with E-state index < -0.39 is 18.1 Å². The summed E-state index contributed by atoms with van der Waals surface area (Å²) in [6.45, 7) is 12.5. The number of benzene rings is 4. The van der Waals surface area contributed by atoms with E-state index in [2.05, 4.69) is 49.1 Å². The Morgan fingerprint density at radius 2 is 0.667 bits per heavy atom. The monoisotopic (exact) mass is 912 g/mol. The summed E-state index contributed by atoms with van der Waals surface area (Å²) in [6, 6.07) is 14.0. The van der Waals surface area contributed by atoms with E-state index in [1.165, 1.54) is 0 Å². The van der Waals surface area contributed by atoms with Crippen molar-refractivity contribution in [2.45, 2.75) is 99.7 Å². The Bertz CT molecular complexity index is 2120.